The molecule has 0 aromatic carbocycles. The third-order valence-corrected chi connectivity index (χ3v) is 3.32. The fourth-order valence-electron chi connectivity index (χ4n) is 1.73. The molecule has 0 amide bonds. The van der Waals surface area contributed by atoms with Crippen molar-refractivity contribution in [3.63, 3.8) is 0 Å². The second-order valence-corrected chi connectivity index (χ2v) is 5.54. The van der Waals surface area contributed by atoms with E-state index in [1.807, 2.05) is 6.92 Å². The number of ether oxygens (including phenoxy) is 3. The van der Waals surface area contributed by atoms with Crippen LogP contribution in [0.1, 0.15) is 52.9 Å². The van der Waals surface area contributed by atoms with E-state index in [2.05, 4.69) is 6.08 Å². The molecule has 2 unspecified atom stereocenters. The second kappa shape index (κ2) is 13.1. The molecule has 0 aliphatic rings. The maximum absolute atomic E-state index is 11.3. The van der Waals surface area contributed by atoms with Crippen molar-refractivity contribution >= 4 is 11.9 Å². The molecule has 134 valence electrons. The van der Waals surface area contributed by atoms with Crippen LogP contribution < -0.4 is 0 Å². The van der Waals surface area contributed by atoms with Crippen molar-refractivity contribution in [2.45, 2.75) is 65.1 Å². The molecule has 0 aliphatic carbocycles. The average molecular weight is 330 g/mol. The highest BCUT2D eigenvalue weighted by molar-refractivity contribution is 5.74. The number of esters is 2. The van der Waals surface area contributed by atoms with Gasteiger partial charge in [-0.1, -0.05) is 11.6 Å². The van der Waals surface area contributed by atoms with Gasteiger partial charge in [0, 0.05) is 7.11 Å². The number of aliphatic hydroxyl groups is 1. The molecule has 2 atom stereocenters. The maximum Gasteiger partial charge on any atom is 0.334 e. The topological polar surface area (TPSA) is 82.1 Å². The number of hydrogen-bond acceptors (Lipinski definition) is 6. The summed E-state index contributed by atoms with van der Waals surface area (Å²) in [5.41, 5.74) is 1.24. The van der Waals surface area contributed by atoms with E-state index in [0.717, 1.165) is 32.1 Å². The van der Waals surface area contributed by atoms with Crippen LogP contribution in [-0.2, 0) is 23.8 Å². The molecule has 0 radical (unpaired) electrons. The van der Waals surface area contributed by atoms with Gasteiger partial charge in [-0.25, -0.2) is 9.59 Å². The number of carbonyl (C=O) groups excluding carboxylic acids is 2. The van der Waals surface area contributed by atoms with Gasteiger partial charge >= 0.3 is 11.9 Å². The van der Waals surface area contributed by atoms with E-state index in [0.29, 0.717) is 13.2 Å². The summed E-state index contributed by atoms with van der Waals surface area (Å²) in [5, 5.41) is 8.97. The Morgan fingerprint density at radius 3 is 2.26 bits per heavy atom. The molecule has 0 bridgehead atoms. The minimum Gasteiger partial charge on any atom is -0.464 e. The van der Waals surface area contributed by atoms with Gasteiger partial charge in [0.25, 0.3) is 0 Å². The minimum atomic E-state index is -1.06. The fraction of sp³-hybridized carbons (Fsp3) is 0.765. The summed E-state index contributed by atoms with van der Waals surface area (Å²) in [6.07, 6.45) is 4.86. The Balaban J connectivity index is 3.60. The number of aliphatic hydroxyl groups excluding tert-OH is 1. The summed E-state index contributed by atoms with van der Waals surface area (Å²) in [6.45, 7) is 5.82. The molecule has 6 heteroatoms. The summed E-state index contributed by atoms with van der Waals surface area (Å²) in [6, 6.07) is 0. The summed E-state index contributed by atoms with van der Waals surface area (Å²) in [4.78, 5) is 22.4. The van der Waals surface area contributed by atoms with Crippen molar-refractivity contribution in [3.8, 4) is 0 Å². The van der Waals surface area contributed by atoms with Crippen LogP contribution in [-0.4, -0.2) is 49.6 Å². The molecule has 1 N–H and O–H groups in total. The van der Waals surface area contributed by atoms with Gasteiger partial charge in [0.15, 0.2) is 6.10 Å². The van der Waals surface area contributed by atoms with E-state index in [1.165, 1.54) is 19.6 Å². The average Bonchev–Trinajstić information content (AvgIpc) is 2.53. The van der Waals surface area contributed by atoms with Gasteiger partial charge < -0.3 is 19.3 Å². The smallest absolute Gasteiger partial charge is 0.334 e. The largest absolute Gasteiger partial charge is 0.464 e. The highest BCUT2D eigenvalue weighted by Gasteiger charge is 2.12. The van der Waals surface area contributed by atoms with E-state index in [-0.39, 0.29) is 5.97 Å². The Hall–Kier alpha value is -1.40. The first-order chi connectivity index (χ1) is 10.9. The van der Waals surface area contributed by atoms with Gasteiger partial charge in [-0.05, 0) is 52.9 Å². The molecule has 0 spiro atoms. The number of rotatable bonds is 12. The zero-order valence-electron chi connectivity index (χ0n) is 14.7. The molecule has 0 aromatic rings. The van der Waals surface area contributed by atoms with Gasteiger partial charge in [-0.3, -0.25) is 0 Å². The predicted molar refractivity (Wildman–Crippen MR) is 86.9 cm³/mol. The van der Waals surface area contributed by atoms with Gasteiger partial charge in [-0.2, -0.15) is 0 Å². The third-order valence-electron chi connectivity index (χ3n) is 3.32. The predicted octanol–water partition coefficient (Wildman–Crippen LogP) is 2.39. The lowest BCUT2D eigenvalue weighted by Gasteiger charge is -2.09. The first-order valence-corrected chi connectivity index (χ1v) is 8.08. The van der Waals surface area contributed by atoms with E-state index in [1.54, 1.807) is 6.92 Å². The molecule has 0 rings (SSSR count). The molecule has 0 aromatic heterocycles. The van der Waals surface area contributed by atoms with Crippen LogP contribution >= 0.6 is 0 Å². The van der Waals surface area contributed by atoms with Gasteiger partial charge in [0.05, 0.1) is 13.2 Å². The second-order valence-electron chi connectivity index (χ2n) is 5.54. The van der Waals surface area contributed by atoms with Crippen molar-refractivity contribution in [2.24, 2.45) is 0 Å². The zero-order chi connectivity index (χ0) is 17.7. The van der Waals surface area contributed by atoms with E-state index < -0.39 is 18.2 Å². The summed E-state index contributed by atoms with van der Waals surface area (Å²) in [5.74, 6) is -0.907. The van der Waals surface area contributed by atoms with Crippen LogP contribution in [0.25, 0.3) is 0 Å². The highest BCUT2D eigenvalue weighted by atomic mass is 16.6. The number of allylic oxidation sites excluding steroid dienone is 2. The lowest BCUT2D eigenvalue weighted by molar-refractivity contribution is -0.154. The van der Waals surface area contributed by atoms with Crippen LogP contribution in [0.3, 0.4) is 0 Å². The lowest BCUT2D eigenvalue weighted by atomic mass is 10.1. The Morgan fingerprint density at radius 1 is 1.04 bits per heavy atom. The van der Waals surface area contributed by atoms with Gasteiger partial charge in [0.1, 0.15) is 6.10 Å². The Bertz CT molecular complexity index is 375. The van der Waals surface area contributed by atoms with Crippen molar-refractivity contribution in [3.05, 3.63) is 11.6 Å². The normalized spacial score (nSPS) is 14.2. The number of methoxy groups -OCH3 is 1. The van der Waals surface area contributed by atoms with E-state index in [4.69, 9.17) is 19.3 Å². The Kier molecular flexibility index (Phi) is 12.3. The van der Waals surface area contributed by atoms with Crippen LogP contribution in [0, 0.1) is 0 Å². The van der Waals surface area contributed by atoms with E-state index in [9.17, 15) is 9.59 Å². The van der Waals surface area contributed by atoms with Crippen LogP contribution in [0.15, 0.2) is 11.6 Å². The molecule has 0 fully saturated rings. The number of unbranched alkanes of at least 4 members (excludes halogenated alkanes) is 2. The highest BCUT2D eigenvalue weighted by Crippen LogP contribution is 2.08. The number of hydrogen-bond donors (Lipinski definition) is 1. The maximum atomic E-state index is 11.3. The lowest BCUT2D eigenvalue weighted by Crippen LogP contribution is -2.22. The van der Waals surface area contributed by atoms with Crippen molar-refractivity contribution in [2.75, 3.05) is 20.3 Å². The number of carbonyl (C=O) groups is 2. The minimum absolute atomic E-state index is 0.322. The fourth-order valence-corrected chi connectivity index (χ4v) is 1.73. The zero-order valence-corrected chi connectivity index (χ0v) is 14.7. The van der Waals surface area contributed by atoms with Crippen molar-refractivity contribution in [1.29, 1.82) is 0 Å². The molecule has 0 saturated carbocycles. The standard InChI is InChI=1S/C17H30O6/c1-13(10-8-12-22-16(19)14(2)18)9-6-5-7-11-23-17(20)15(3)21-4/h9,14-15,18H,5-8,10-12H2,1-4H3. The van der Waals surface area contributed by atoms with Gasteiger partial charge in [0.2, 0.25) is 0 Å². The first-order valence-electron chi connectivity index (χ1n) is 8.08. The van der Waals surface area contributed by atoms with Crippen LogP contribution in [0.2, 0.25) is 0 Å². The SMILES string of the molecule is COC(C)C(=O)OCCCCC=C(C)CCCOC(=O)C(C)O. The van der Waals surface area contributed by atoms with Crippen LogP contribution in [0.5, 0.6) is 0 Å². The molecule has 6 nitrogen and oxygen atoms in total. The Labute approximate surface area is 138 Å². The molecule has 0 saturated heterocycles. The quantitative estimate of drug-likeness (QED) is 0.336. The van der Waals surface area contributed by atoms with Crippen molar-refractivity contribution in [1.82, 2.24) is 0 Å². The molecular weight excluding hydrogens is 300 g/mol. The monoisotopic (exact) mass is 330 g/mol. The summed E-state index contributed by atoms with van der Waals surface area (Å²) < 4.78 is 14.8. The van der Waals surface area contributed by atoms with Crippen molar-refractivity contribution < 1.29 is 28.9 Å². The molecule has 0 aliphatic heterocycles. The molecule has 0 heterocycles. The summed E-state index contributed by atoms with van der Waals surface area (Å²) in [7, 11) is 1.48. The third kappa shape index (κ3) is 11.8. The Morgan fingerprint density at radius 2 is 1.65 bits per heavy atom. The molecular formula is C17H30O6. The van der Waals surface area contributed by atoms with E-state index >= 15 is 0 Å². The molecule has 23 heavy (non-hydrogen) atoms. The van der Waals surface area contributed by atoms with Gasteiger partial charge in [-0.15, -0.1) is 0 Å². The summed E-state index contributed by atoms with van der Waals surface area (Å²) >= 11 is 0. The van der Waals surface area contributed by atoms with Crippen LogP contribution in [0.4, 0.5) is 0 Å². The first kappa shape index (κ1) is 21.6.